The molecule has 1 aromatic rings. The first-order chi connectivity index (χ1) is 8.85. The van der Waals surface area contributed by atoms with Crippen LogP contribution in [0.4, 0.5) is 13.2 Å². The highest BCUT2D eigenvalue weighted by atomic mass is 79.9. The number of nitrogens with two attached hydrogens (primary N) is 1. The standard InChI is InChI=1S/C13H18BrF3N2/c1-3-8(4-2)12(19-18)10-6-5-9(14)7-11(10)13(15,16)17/h5-8,12,19H,3-4,18H2,1-2H3. The Kier molecular flexibility index (Phi) is 5.82. The summed E-state index contributed by atoms with van der Waals surface area (Å²) >= 11 is 3.08. The molecule has 108 valence electrons. The summed E-state index contributed by atoms with van der Waals surface area (Å²) in [5.74, 6) is 5.54. The van der Waals surface area contributed by atoms with Gasteiger partial charge in [0.05, 0.1) is 5.56 Å². The number of nitrogens with one attached hydrogen (secondary N) is 1. The zero-order chi connectivity index (χ0) is 14.6. The van der Waals surface area contributed by atoms with Crippen molar-refractivity contribution in [2.75, 3.05) is 0 Å². The molecule has 6 heteroatoms. The Labute approximate surface area is 119 Å². The first kappa shape index (κ1) is 16.5. The maximum absolute atomic E-state index is 13.1. The van der Waals surface area contributed by atoms with Gasteiger partial charge >= 0.3 is 6.18 Å². The van der Waals surface area contributed by atoms with Crippen LogP contribution in [0.25, 0.3) is 0 Å². The third-order valence-electron chi connectivity index (χ3n) is 3.36. The van der Waals surface area contributed by atoms with Gasteiger partial charge in [-0.3, -0.25) is 11.3 Å². The fraction of sp³-hybridized carbons (Fsp3) is 0.538. The molecular weight excluding hydrogens is 321 g/mol. The van der Waals surface area contributed by atoms with Crippen molar-refractivity contribution >= 4 is 15.9 Å². The van der Waals surface area contributed by atoms with Crippen molar-refractivity contribution in [2.45, 2.75) is 38.9 Å². The number of benzene rings is 1. The third-order valence-corrected chi connectivity index (χ3v) is 3.85. The maximum Gasteiger partial charge on any atom is 0.416 e. The number of hydrogen-bond acceptors (Lipinski definition) is 2. The van der Waals surface area contributed by atoms with Crippen LogP contribution < -0.4 is 11.3 Å². The smallest absolute Gasteiger partial charge is 0.271 e. The molecule has 0 fully saturated rings. The Balaban J connectivity index is 3.31. The van der Waals surface area contributed by atoms with E-state index in [1.54, 1.807) is 6.07 Å². The average Bonchev–Trinajstić information content (AvgIpc) is 2.35. The van der Waals surface area contributed by atoms with Crippen molar-refractivity contribution in [3.63, 3.8) is 0 Å². The van der Waals surface area contributed by atoms with Crippen LogP contribution in [0, 0.1) is 5.92 Å². The van der Waals surface area contributed by atoms with Gasteiger partial charge in [-0.2, -0.15) is 13.2 Å². The van der Waals surface area contributed by atoms with Crippen LogP contribution in [0.3, 0.4) is 0 Å². The van der Waals surface area contributed by atoms with E-state index < -0.39 is 17.8 Å². The molecule has 1 unspecified atom stereocenters. The Hall–Kier alpha value is -0.590. The fourth-order valence-electron chi connectivity index (χ4n) is 2.29. The zero-order valence-electron chi connectivity index (χ0n) is 10.9. The number of alkyl halides is 3. The summed E-state index contributed by atoms with van der Waals surface area (Å²) in [6.45, 7) is 3.90. The first-order valence-corrected chi connectivity index (χ1v) is 6.97. The topological polar surface area (TPSA) is 38.0 Å². The van der Waals surface area contributed by atoms with E-state index in [0.717, 1.165) is 18.9 Å². The molecular formula is C13H18BrF3N2. The van der Waals surface area contributed by atoms with E-state index in [1.165, 1.54) is 6.07 Å². The average molecular weight is 339 g/mol. The lowest BCUT2D eigenvalue weighted by atomic mass is 9.87. The Morgan fingerprint density at radius 1 is 1.26 bits per heavy atom. The zero-order valence-corrected chi connectivity index (χ0v) is 12.5. The largest absolute Gasteiger partial charge is 0.416 e. The Morgan fingerprint density at radius 2 is 1.84 bits per heavy atom. The normalized spacial score (nSPS) is 13.9. The summed E-state index contributed by atoms with van der Waals surface area (Å²) in [6.07, 6.45) is -2.86. The molecule has 0 aliphatic rings. The van der Waals surface area contributed by atoms with E-state index in [9.17, 15) is 13.2 Å². The molecule has 0 amide bonds. The van der Waals surface area contributed by atoms with Crippen molar-refractivity contribution in [3.8, 4) is 0 Å². The third kappa shape index (κ3) is 3.94. The molecule has 1 rings (SSSR count). The van der Waals surface area contributed by atoms with Gasteiger partial charge in [-0.1, -0.05) is 48.7 Å². The van der Waals surface area contributed by atoms with Crippen LogP contribution in [0.15, 0.2) is 22.7 Å². The van der Waals surface area contributed by atoms with E-state index >= 15 is 0 Å². The summed E-state index contributed by atoms with van der Waals surface area (Å²) in [5, 5.41) is 0. The van der Waals surface area contributed by atoms with Gasteiger partial charge in [-0.05, 0) is 23.6 Å². The van der Waals surface area contributed by atoms with Crippen LogP contribution >= 0.6 is 15.9 Å². The highest BCUT2D eigenvalue weighted by Gasteiger charge is 2.36. The molecule has 0 heterocycles. The summed E-state index contributed by atoms with van der Waals surface area (Å²) < 4.78 is 39.7. The Morgan fingerprint density at radius 3 is 2.26 bits per heavy atom. The van der Waals surface area contributed by atoms with E-state index in [1.807, 2.05) is 13.8 Å². The lowest BCUT2D eigenvalue weighted by Gasteiger charge is -2.27. The number of hydrogen-bond donors (Lipinski definition) is 2. The molecule has 0 aromatic heterocycles. The van der Waals surface area contributed by atoms with Crippen LogP contribution in [0.2, 0.25) is 0 Å². The molecule has 1 atom stereocenters. The highest BCUT2D eigenvalue weighted by molar-refractivity contribution is 9.10. The number of hydrazine groups is 1. The van der Waals surface area contributed by atoms with Crippen LogP contribution in [0.1, 0.15) is 43.9 Å². The molecule has 0 aliphatic carbocycles. The second-order valence-electron chi connectivity index (χ2n) is 4.45. The minimum atomic E-state index is -4.39. The predicted octanol–water partition coefficient (Wildman–Crippen LogP) is 4.41. The summed E-state index contributed by atoms with van der Waals surface area (Å²) in [7, 11) is 0. The Bertz CT molecular complexity index is 417. The molecule has 0 spiro atoms. The number of rotatable bonds is 5. The van der Waals surface area contributed by atoms with Crippen molar-refractivity contribution in [1.29, 1.82) is 0 Å². The molecule has 1 aromatic carbocycles. The SMILES string of the molecule is CCC(CC)C(NN)c1ccc(Br)cc1C(F)(F)F. The van der Waals surface area contributed by atoms with Gasteiger partial charge in [-0.25, -0.2) is 0 Å². The van der Waals surface area contributed by atoms with E-state index in [2.05, 4.69) is 21.4 Å². The fourth-order valence-corrected chi connectivity index (χ4v) is 2.65. The summed E-state index contributed by atoms with van der Waals surface area (Å²) in [6, 6.07) is 3.69. The van der Waals surface area contributed by atoms with Gasteiger partial charge in [0.15, 0.2) is 0 Å². The monoisotopic (exact) mass is 338 g/mol. The highest BCUT2D eigenvalue weighted by Crippen LogP contribution is 2.39. The van der Waals surface area contributed by atoms with Gasteiger partial charge in [0.25, 0.3) is 0 Å². The van der Waals surface area contributed by atoms with Gasteiger partial charge in [0.1, 0.15) is 0 Å². The van der Waals surface area contributed by atoms with Crippen molar-refractivity contribution < 1.29 is 13.2 Å². The lowest BCUT2D eigenvalue weighted by molar-refractivity contribution is -0.138. The maximum atomic E-state index is 13.1. The molecule has 0 saturated carbocycles. The second kappa shape index (κ2) is 6.72. The molecule has 0 bridgehead atoms. The number of halogens is 4. The van der Waals surface area contributed by atoms with Crippen molar-refractivity contribution in [3.05, 3.63) is 33.8 Å². The van der Waals surface area contributed by atoms with E-state index in [-0.39, 0.29) is 11.5 Å². The first-order valence-electron chi connectivity index (χ1n) is 6.17. The summed E-state index contributed by atoms with van der Waals surface area (Å²) in [5.41, 5.74) is 2.10. The molecule has 2 nitrogen and oxygen atoms in total. The van der Waals surface area contributed by atoms with E-state index in [0.29, 0.717) is 4.47 Å². The molecule has 0 radical (unpaired) electrons. The van der Waals surface area contributed by atoms with Gasteiger partial charge in [-0.15, -0.1) is 0 Å². The molecule has 0 aliphatic heterocycles. The summed E-state index contributed by atoms with van der Waals surface area (Å²) in [4.78, 5) is 0. The van der Waals surface area contributed by atoms with Gasteiger partial charge in [0, 0.05) is 10.5 Å². The molecule has 0 saturated heterocycles. The molecule has 19 heavy (non-hydrogen) atoms. The van der Waals surface area contributed by atoms with Crippen LogP contribution in [-0.4, -0.2) is 0 Å². The quantitative estimate of drug-likeness (QED) is 0.616. The van der Waals surface area contributed by atoms with Crippen LogP contribution in [0.5, 0.6) is 0 Å². The van der Waals surface area contributed by atoms with E-state index in [4.69, 9.17) is 5.84 Å². The van der Waals surface area contributed by atoms with Crippen molar-refractivity contribution in [2.24, 2.45) is 11.8 Å². The molecule has 3 N–H and O–H groups in total. The van der Waals surface area contributed by atoms with Crippen LogP contribution in [-0.2, 0) is 6.18 Å². The van der Waals surface area contributed by atoms with Gasteiger partial charge < -0.3 is 0 Å². The van der Waals surface area contributed by atoms with Crippen molar-refractivity contribution in [1.82, 2.24) is 5.43 Å². The lowest BCUT2D eigenvalue weighted by Crippen LogP contribution is -2.34. The predicted molar refractivity (Wildman–Crippen MR) is 73.3 cm³/mol. The minimum absolute atomic E-state index is 0.0623. The van der Waals surface area contributed by atoms with Gasteiger partial charge in [0.2, 0.25) is 0 Å². The second-order valence-corrected chi connectivity index (χ2v) is 5.37. The minimum Gasteiger partial charge on any atom is -0.271 e.